The molecule has 186 valence electrons. The molecule has 2 saturated heterocycles. The van der Waals surface area contributed by atoms with Crippen LogP contribution >= 0.6 is 23.5 Å². The van der Waals surface area contributed by atoms with Gasteiger partial charge in [-0.3, -0.25) is 4.98 Å². The monoisotopic (exact) mass is 528 g/mol. The zero-order valence-electron chi connectivity index (χ0n) is 19.4. The Bertz CT molecular complexity index is 1210. The van der Waals surface area contributed by atoms with Gasteiger partial charge in [-0.25, -0.2) is 5.26 Å². The quantitative estimate of drug-likeness (QED) is 0.269. The number of hydrogen-bond acceptors (Lipinski definition) is 8. The zero-order valence-corrected chi connectivity index (χ0v) is 21.0. The Morgan fingerprint density at radius 1 is 1.22 bits per heavy atom. The molecule has 0 spiro atoms. The lowest BCUT2D eigenvalue weighted by molar-refractivity contribution is 0.116. The van der Waals surface area contributed by atoms with Gasteiger partial charge in [-0.15, -0.1) is 10.2 Å². The summed E-state index contributed by atoms with van der Waals surface area (Å²) in [6.07, 6.45) is 2.90. The first kappa shape index (κ1) is 25.0. The van der Waals surface area contributed by atoms with Crippen molar-refractivity contribution in [3.05, 3.63) is 59.2 Å². The molecular formula is C24H24BClF2N6OS. The molecule has 0 radical (unpaired) electrons. The first-order chi connectivity index (χ1) is 17.5. The van der Waals surface area contributed by atoms with Crippen molar-refractivity contribution < 1.29 is 13.2 Å². The van der Waals surface area contributed by atoms with E-state index in [-0.39, 0.29) is 12.6 Å². The van der Waals surface area contributed by atoms with Crippen LogP contribution in [0.25, 0.3) is 11.5 Å². The van der Waals surface area contributed by atoms with Crippen LogP contribution in [0.1, 0.15) is 30.9 Å². The highest BCUT2D eigenvalue weighted by Crippen LogP contribution is 2.36. The third-order valence-corrected chi connectivity index (χ3v) is 8.26. The van der Waals surface area contributed by atoms with E-state index in [0.717, 1.165) is 50.0 Å². The number of piperidine rings is 1. The van der Waals surface area contributed by atoms with Crippen LogP contribution in [0.5, 0.6) is 0 Å². The fourth-order valence-electron chi connectivity index (χ4n) is 4.57. The van der Waals surface area contributed by atoms with E-state index in [4.69, 9.17) is 21.3 Å². The minimum atomic E-state index is -2.81. The molecule has 0 bridgehead atoms. The van der Waals surface area contributed by atoms with E-state index in [2.05, 4.69) is 30.4 Å². The van der Waals surface area contributed by atoms with Crippen molar-refractivity contribution >= 4 is 35.9 Å². The molecule has 0 amide bonds. The van der Waals surface area contributed by atoms with Crippen molar-refractivity contribution in [3.8, 4) is 17.4 Å². The first-order valence-electron chi connectivity index (χ1n) is 11.9. The SMILES string of the molecule is N#CB1CC(N2CCC(SN(Cc3ccc(-c4nnc(C(F)F)o4)cn3)c3cccc(Cl)c3)CC2)C1. The van der Waals surface area contributed by atoms with Gasteiger partial charge < -0.3 is 13.6 Å². The number of pyridine rings is 1. The van der Waals surface area contributed by atoms with Crippen LogP contribution in [0, 0.1) is 11.2 Å². The van der Waals surface area contributed by atoms with Gasteiger partial charge in [0.1, 0.15) is 0 Å². The van der Waals surface area contributed by atoms with Gasteiger partial charge in [0.25, 0.3) is 12.6 Å². The summed E-state index contributed by atoms with van der Waals surface area (Å²) in [5.41, 5.74) is 2.30. The molecule has 4 heterocycles. The number of likely N-dealkylation sites (tertiary alicyclic amines) is 1. The van der Waals surface area contributed by atoms with Crippen LogP contribution in [-0.2, 0) is 6.54 Å². The predicted octanol–water partition coefficient (Wildman–Crippen LogP) is 5.78. The number of aromatic nitrogens is 3. The zero-order chi connectivity index (χ0) is 25.1. The van der Waals surface area contributed by atoms with Crippen molar-refractivity contribution in [1.29, 1.82) is 5.26 Å². The molecule has 2 aliphatic heterocycles. The van der Waals surface area contributed by atoms with Gasteiger partial charge in [-0.1, -0.05) is 17.7 Å². The smallest absolute Gasteiger partial charge is 0.314 e. The standard InChI is InChI=1S/C24H24BClF2N6OS/c26-17-2-1-3-19(10-17)34(36-21-6-8-33(9-7-21)20-11-25(12-20)15-29)14-18-5-4-16(13-30-18)23-31-32-24(35-23)22(27)28/h1-5,10,13,20-22H,6-9,11-12,14H2. The molecule has 2 fully saturated rings. The maximum atomic E-state index is 12.8. The minimum Gasteiger partial charge on any atom is -0.415 e. The third-order valence-electron chi connectivity index (χ3n) is 6.67. The molecule has 36 heavy (non-hydrogen) atoms. The van der Waals surface area contributed by atoms with Gasteiger partial charge in [0.05, 0.1) is 17.8 Å². The topological polar surface area (TPSA) is 82.1 Å². The van der Waals surface area contributed by atoms with Gasteiger partial charge in [0, 0.05) is 28.1 Å². The number of benzene rings is 1. The van der Waals surface area contributed by atoms with Gasteiger partial charge >= 0.3 is 6.43 Å². The second kappa shape index (κ2) is 11.2. The Hall–Kier alpha value is -2.68. The largest absolute Gasteiger partial charge is 0.415 e. The summed E-state index contributed by atoms with van der Waals surface area (Å²) in [6, 6.07) is 11.9. The molecule has 5 rings (SSSR count). The second-order valence-corrected chi connectivity index (χ2v) is 10.8. The van der Waals surface area contributed by atoms with Crippen LogP contribution in [0.4, 0.5) is 14.5 Å². The molecular weight excluding hydrogens is 505 g/mol. The average Bonchev–Trinajstić information content (AvgIpc) is 3.35. The fourth-order valence-corrected chi connectivity index (χ4v) is 5.98. The Labute approximate surface area is 218 Å². The number of alkyl halides is 2. The van der Waals surface area contributed by atoms with Crippen LogP contribution in [-0.4, -0.2) is 51.2 Å². The Kier molecular flexibility index (Phi) is 7.74. The Balaban J connectivity index is 1.24. The van der Waals surface area contributed by atoms with Crippen LogP contribution < -0.4 is 4.31 Å². The number of hydrogen-bond donors (Lipinski definition) is 0. The maximum absolute atomic E-state index is 12.8. The molecule has 2 aromatic heterocycles. The van der Waals surface area contributed by atoms with E-state index < -0.39 is 12.3 Å². The lowest BCUT2D eigenvalue weighted by Crippen LogP contribution is -2.51. The van der Waals surface area contributed by atoms with Gasteiger partial charge in [0.15, 0.2) is 0 Å². The summed E-state index contributed by atoms with van der Waals surface area (Å²) in [5, 5.41) is 17.2. The number of anilines is 1. The van der Waals surface area contributed by atoms with Crippen LogP contribution in [0.15, 0.2) is 47.0 Å². The van der Waals surface area contributed by atoms with E-state index in [1.54, 1.807) is 24.2 Å². The van der Waals surface area contributed by atoms with Gasteiger partial charge in [-0.2, -0.15) is 8.78 Å². The Morgan fingerprint density at radius 3 is 2.67 bits per heavy atom. The molecule has 0 saturated carbocycles. The first-order valence-corrected chi connectivity index (χ1v) is 13.1. The predicted molar refractivity (Wildman–Crippen MR) is 137 cm³/mol. The van der Waals surface area contributed by atoms with E-state index >= 15 is 0 Å². The van der Waals surface area contributed by atoms with E-state index in [1.807, 2.05) is 30.3 Å². The van der Waals surface area contributed by atoms with Crippen molar-refractivity contribution in [2.45, 2.75) is 49.7 Å². The lowest BCUT2D eigenvalue weighted by atomic mass is 9.34. The maximum Gasteiger partial charge on any atom is 0.314 e. The van der Waals surface area contributed by atoms with Gasteiger partial charge in [-0.05, 0) is 86.9 Å². The summed E-state index contributed by atoms with van der Waals surface area (Å²) >= 11 is 8.10. The Morgan fingerprint density at radius 2 is 2.03 bits per heavy atom. The van der Waals surface area contributed by atoms with Crippen LogP contribution in [0.2, 0.25) is 17.7 Å². The molecule has 0 atom stereocenters. The molecule has 7 nitrogen and oxygen atoms in total. The van der Waals surface area contributed by atoms with Crippen molar-refractivity contribution in [2.24, 2.45) is 0 Å². The van der Waals surface area contributed by atoms with E-state index in [0.29, 0.717) is 28.4 Å². The molecule has 12 heteroatoms. The minimum absolute atomic E-state index is 0.0183. The highest BCUT2D eigenvalue weighted by atomic mass is 35.5. The third kappa shape index (κ3) is 5.82. The number of halogens is 3. The lowest BCUT2D eigenvalue weighted by Gasteiger charge is -2.43. The highest BCUT2D eigenvalue weighted by Gasteiger charge is 2.38. The molecule has 2 aliphatic rings. The van der Waals surface area contributed by atoms with Gasteiger partial charge in [0.2, 0.25) is 5.89 Å². The summed E-state index contributed by atoms with van der Waals surface area (Å²) in [7, 11) is 0. The average molecular weight is 529 g/mol. The summed E-state index contributed by atoms with van der Waals surface area (Å²) < 4.78 is 32.7. The number of nitrogens with zero attached hydrogens (tertiary/aromatic N) is 6. The van der Waals surface area contributed by atoms with Crippen LogP contribution in [0.3, 0.4) is 0 Å². The number of rotatable bonds is 8. The van der Waals surface area contributed by atoms with Crippen molar-refractivity contribution in [3.63, 3.8) is 0 Å². The molecule has 0 N–H and O–H groups in total. The molecule has 0 unspecified atom stereocenters. The van der Waals surface area contributed by atoms with Crippen molar-refractivity contribution in [2.75, 3.05) is 17.4 Å². The van der Waals surface area contributed by atoms with Crippen molar-refractivity contribution in [1.82, 2.24) is 20.1 Å². The van der Waals surface area contributed by atoms with E-state index in [9.17, 15) is 8.78 Å². The normalized spacial score (nSPS) is 17.2. The highest BCUT2D eigenvalue weighted by molar-refractivity contribution is 8.01. The van der Waals surface area contributed by atoms with E-state index in [1.165, 1.54) is 0 Å². The summed E-state index contributed by atoms with van der Waals surface area (Å²) in [4.78, 5) is 7.05. The molecule has 3 aromatic rings. The summed E-state index contributed by atoms with van der Waals surface area (Å²) in [6.45, 7) is 2.86. The second-order valence-electron chi connectivity index (χ2n) is 9.09. The summed E-state index contributed by atoms with van der Waals surface area (Å²) in [5.74, 6) is 1.69. The number of nitriles is 1. The fraction of sp³-hybridized carbons (Fsp3) is 0.417. The molecule has 1 aromatic carbocycles. The molecule has 0 aliphatic carbocycles.